The predicted molar refractivity (Wildman–Crippen MR) is 50.4 cm³/mol. The summed E-state index contributed by atoms with van der Waals surface area (Å²) in [6.45, 7) is 0. The van der Waals surface area contributed by atoms with E-state index in [1.807, 2.05) is 0 Å². The van der Waals surface area contributed by atoms with E-state index in [4.69, 9.17) is 5.73 Å². The van der Waals surface area contributed by atoms with Crippen molar-refractivity contribution in [3.8, 4) is 0 Å². The van der Waals surface area contributed by atoms with Gasteiger partial charge in [-0.25, -0.2) is 0 Å². The maximum Gasteiger partial charge on any atom is 0.416 e. The van der Waals surface area contributed by atoms with Crippen LogP contribution in [0.25, 0.3) is 0 Å². The van der Waals surface area contributed by atoms with Crippen LogP contribution < -0.4 is 5.73 Å². The quantitative estimate of drug-likeness (QED) is 0.519. The summed E-state index contributed by atoms with van der Waals surface area (Å²) < 4.78 is 36.2. The third-order valence-corrected chi connectivity index (χ3v) is 1.53. The van der Waals surface area contributed by atoms with E-state index >= 15 is 0 Å². The van der Waals surface area contributed by atoms with Crippen LogP contribution in [0.3, 0.4) is 0 Å². The van der Waals surface area contributed by atoms with Gasteiger partial charge in [-0.1, -0.05) is 0 Å². The van der Waals surface area contributed by atoms with Gasteiger partial charge in [0.15, 0.2) is 0 Å². The van der Waals surface area contributed by atoms with E-state index in [1.165, 1.54) is 6.07 Å². The summed E-state index contributed by atoms with van der Waals surface area (Å²) >= 11 is 3.78. The van der Waals surface area contributed by atoms with Crippen LogP contribution in [0.5, 0.6) is 0 Å². The topological polar surface area (TPSA) is 26.0 Å². The van der Waals surface area contributed by atoms with Crippen molar-refractivity contribution in [1.29, 1.82) is 0 Å². The van der Waals surface area contributed by atoms with Gasteiger partial charge in [-0.05, 0) is 18.2 Å². The molecule has 0 aliphatic heterocycles. The molecule has 0 fully saturated rings. The zero-order valence-corrected chi connectivity index (χ0v) is 8.01. The highest BCUT2D eigenvalue weighted by Crippen LogP contribution is 2.31. The Morgan fingerprint density at radius 2 is 1.69 bits per heavy atom. The number of nitrogens with two attached hydrogens (primary N) is 1. The van der Waals surface area contributed by atoms with Crippen LogP contribution in [0.2, 0.25) is 0 Å². The molecule has 0 atom stereocenters. The minimum Gasteiger partial charge on any atom is -0.399 e. The number of nitrogen functional groups attached to an aromatic ring is 1. The Hall–Kier alpha value is -0.550. The van der Waals surface area contributed by atoms with Gasteiger partial charge < -0.3 is 5.73 Å². The second kappa shape index (κ2) is 4.11. The van der Waals surface area contributed by atoms with E-state index < -0.39 is 11.7 Å². The lowest BCUT2D eigenvalue weighted by Gasteiger charge is -2.07. The number of alkyl halides is 3. The molecule has 0 aliphatic carbocycles. The number of anilines is 1. The third-order valence-electron chi connectivity index (χ3n) is 1.27. The molecule has 74 valence electrons. The summed E-state index contributed by atoms with van der Waals surface area (Å²) in [6.07, 6.45) is -4.35. The molecule has 1 aromatic rings. The van der Waals surface area contributed by atoms with Gasteiger partial charge in [0.2, 0.25) is 0 Å². The van der Waals surface area contributed by atoms with E-state index in [2.05, 4.69) is 12.6 Å². The highest BCUT2D eigenvalue weighted by molar-refractivity contribution is 7.80. The first kappa shape index (κ1) is 12.4. The van der Waals surface area contributed by atoms with Crippen molar-refractivity contribution < 1.29 is 13.2 Å². The van der Waals surface area contributed by atoms with Gasteiger partial charge in [-0.2, -0.15) is 13.2 Å². The van der Waals surface area contributed by atoms with Gasteiger partial charge in [0.05, 0.1) is 5.56 Å². The predicted octanol–water partition coefficient (Wildman–Crippen LogP) is 3.00. The van der Waals surface area contributed by atoms with Gasteiger partial charge in [-0.3, -0.25) is 0 Å². The molecule has 0 bridgehead atoms. The maximum absolute atomic E-state index is 12.1. The Morgan fingerprint density at radius 1 is 1.15 bits per heavy atom. The van der Waals surface area contributed by atoms with E-state index in [0.717, 1.165) is 12.1 Å². The molecule has 2 N–H and O–H groups in total. The van der Waals surface area contributed by atoms with Gasteiger partial charge in [0.25, 0.3) is 0 Å². The van der Waals surface area contributed by atoms with E-state index in [1.54, 1.807) is 0 Å². The zero-order chi connectivity index (χ0) is 9.35. The minimum atomic E-state index is -4.35. The lowest BCUT2D eigenvalue weighted by atomic mass is 10.2. The number of halogens is 4. The fraction of sp³-hybridized carbons (Fsp3) is 0.143. The summed E-state index contributed by atoms with van der Waals surface area (Å²) in [5, 5.41) is 0. The third kappa shape index (κ3) is 3.36. The van der Waals surface area contributed by atoms with Gasteiger partial charge in [0.1, 0.15) is 0 Å². The second-order valence-electron chi connectivity index (χ2n) is 2.31. The second-order valence-corrected chi connectivity index (χ2v) is 2.83. The first-order chi connectivity index (χ1) is 5.39. The molecule has 6 heteroatoms. The highest BCUT2D eigenvalue weighted by atomic mass is 35.5. The molecule has 13 heavy (non-hydrogen) atoms. The maximum atomic E-state index is 12.1. The van der Waals surface area contributed by atoms with E-state index in [0.29, 0.717) is 0 Å². The number of benzene rings is 1. The molecule has 0 unspecified atom stereocenters. The van der Waals surface area contributed by atoms with Crippen molar-refractivity contribution in [3.63, 3.8) is 0 Å². The molecular formula is C7H7ClF3NS. The van der Waals surface area contributed by atoms with E-state index in [-0.39, 0.29) is 23.0 Å². The molecule has 0 heterocycles. The molecule has 0 amide bonds. The van der Waals surface area contributed by atoms with Crippen molar-refractivity contribution in [2.24, 2.45) is 0 Å². The average molecular weight is 230 g/mol. The van der Waals surface area contributed by atoms with Crippen LogP contribution in [0.4, 0.5) is 18.9 Å². The molecule has 0 saturated carbocycles. The Kier molecular flexibility index (Phi) is 3.93. The van der Waals surface area contributed by atoms with Crippen molar-refractivity contribution in [2.75, 3.05) is 5.73 Å². The Bertz CT molecular complexity index is 280. The van der Waals surface area contributed by atoms with Crippen LogP contribution in [-0.2, 0) is 6.18 Å². The first-order valence-electron chi connectivity index (χ1n) is 3.06. The Morgan fingerprint density at radius 3 is 2.08 bits per heavy atom. The van der Waals surface area contributed by atoms with Crippen molar-refractivity contribution in [2.45, 2.75) is 11.1 Å². The molecule has 0 spiro atoms. The van der Waals surface area contributed by atoms with Crippen LogP contribution >= 0.6 is 25.0 Å². The van der Waals surface area contributed by atoms with Gasteiger partial charge >= 0.3 is 6.18 Å². The number of thiol groups is 1. The first-order valence-corrected chi connectivity index (χ1v) is 3.51. The molecule has 0 radical (unpaired) electrons. The van der Waals surface area contributed by atoms with Crippen LogP contribution in [-0.4, -0.2) is 0 Å². The lowest BCUT2D eigenvalue weighted by molar-refractivity contribution is -0.137. The van der Waals surface area contributed by atoms with E-state index in [9.17, 15) is 13.2 Å². The number of hydrogen-bond acceptors (Lipinski definition) is 2. The van der Waals surface area contributed by atoms with Crippen molar-refractivity contribution in [3.05, 3.63) is 23.8 Å². The van der Waals surface area contributed by atoms with Gasteiger partial charge in [0, 0.05) is 10.6 Å². The summed E-state index contributed by atoms with van der Waals surface area (Å²) in [5.74, 6) is 0. The molecule has 0 saturated heterocycles. The molecule has 1 rings (SSSR count). The fourth-order valence-corrected chi connectivity index (χ4v) is 1.09. The Balaban J connectivity index is 0.00000144. The molecule has 1 aromatic carbocycles. The zero-order valence-electron chi connectivity index (χ0n) is 6.30. The summed E-state index contributed by atoms with van der Waals surface area (Å²) in [5.41, 5.74) is 4.50. The number of hydrogen-bond donors (Lipinski definition) is 2. The normalized spacial score (nSPS) is 10.8. The summed E-state index contributed by atoms with van der Waals surface area (Å²) in [4.78, 5) is 0.210. The SMILES string of the molecule is Cl.Nc1cc(S)cc(C(F)(F)F)c1. The Labute approximate surface area is 84.9 Å². The lowest BCUT2D eigenvalue weighted by Crippen LogP contribution is -2.05. The average Bonchev–Trinajstić information content (AvgIpc) is 1.82. The minimum absolute atomic E-state index is 0. The summed E-state index contributed by atoms with van der Waals surface area (Å²) in [6, 6.07) is 3.16. The van der Waals surface area contributed by atoms with Crippen LogP contribution in [0.15, 0.2) is 23.1 Å². The number of rotatable bonds is 0. The molecule has 0 aliphatic rings. The standard InChI is InChI=1S/C7H6F3NS.ClH/c8-7(9,10)4-1-5(11)3-6(12)2-4;/h1-3,12H,11H2;1H. The summed E-state index contributed by atoms with van der Waals surface area (Å²) in [7, 11) is 0. The highest BCUT2D eigenvalue weighted by Gasteiger charge is 2.30. The monoisotopic (exact) mass is 229 g/mol. The van der Waals surface area contributed by atoms with Crippen LogP contribution in [0, 0.1) is 0 Å². The fourth-order valence-electron chi connectivity index (χ4n) is 0.798. The van der Waals surface area contributed by atoms with Crippen LogP contribution in [0.1, 0.15) is 5.56 Å². The van der Waals surface area contributed by atoms with Crippen molar-refractivity contribution in [1.82, 2.24) is 0 Å². The smallest absolute Gasteiger partial charge is 0.399 e. The van der Waals surface area contributed by atoms with Gasteiger partial charge in [-0.15, -0.1) is 25.0 Å². The van der Waals surface area contributed by atoms with Crippen molar-refractivity contribution >= 4 is 30.7 Å². The molecular weight excluding hydrogens is 223 g/mol. The molecule has 0 aromatic heterocycles. The molecule has 1 nitrogen and oxygen atoms in total. The largest absolute Gasteiger partial charge is 0.416 e.